The van der Waals surface area contributed by atoms with Gasteiger partial charge in [0.1, 0.15) is 5.75 Å². The summed E-state index contributed by atoms with van der Waals surface area (Å²) in [4.78, 5) is 1.21. The molecule has 0 fully saturated rings. The van der Waals surface area contributed by atoms with E-state index >= 15 is 0 Å². The van der Waals surface area contributed by atoms with Crippen LogP contribution >= 0.6 is 27.7 Å². The molecule has 0 aromatic heterocycles. The number of hydrogen-bond donors (Lipinski definition) is 1. The third kappa shape index (κ3) is 2.42. The molecule has 1 nitrogen and oxygen atoms in total. The Morgan fingerprint density at radius 3 is 2.56 bits per heavy atom. The van der Waals surface area contributed by atoms with Gasteiger partial charge in [0.25, 0.3) is 0 Å². The molecule has 2 aromatic carbocycles. The van der Waals surface area contributed by atoms with Gasteiger partial charge in [-0.2, -0.15) is 0 Å². The number of phenolic OH excluding ortho intramolecular Hbond substituents is 1. The Balaban J connectivity index is 2.58. The van der Waals surface area contributed by atoms with Crippen molar-refractivity contribution >= 4 is 27.7 Å². The molecule has 0 aliphatic heterocycles. The molecule has 0 aliphatic carbocycles. The van der Waals surface area contributed by atoms with Crippen molar-refractivity contribution in [2.24, 2.45) is 0 Å². The molecule has 0 amide bonds. The van der Waals surface area contributed by atoms with Gasteiger partial charge in [0.15, 0.2) is 0 Å². The molecule has 0 saturated carbocycles. The second kappa shape index (κ2) is 4.93. The summed E-state index contributed by atoms with van der Waals surface area (Å²) >= 11 is 5.09. The molecule has 3 heteroatoms. The third-order valence-corrected chi connectivity index (χ3v) is 3.55. The molecule has 0 heterocycles. The molecule has 2 rings (SSSR count). The number of rotatable bonds is 2. The van der Waals surface area contributed by atoms with E-state index in [2.05, 4.69) is 34.3 Å². The number of halogens is 1. The van der Waals surface area contributed by atoms with Crippen LogP contribution in [-0.2, 0) is 0 Å². The Hall–Kier alpha value is -0.930. The lowest BCUT2D eigenvalue weighted by atomic mass is 10.1. The van der Waals surface area contributed by atoms with Crippen molar-refractivity contribution in [1.29, 1.82) is 0 Å². The maximum Gasteiger partial charge on any atom is 0.117 e. The first-order valence-electron chi connectivity index (χ1n) is 4.83. The van der Waals surface area contributed by atoms with Crippen LogP contribution in [-0.4, -0.2) is 11.4 Å². The Morgan fingerprint density at radius 2 is 1.88 bits per heavy atom. The summed E-state index contributed by atoms with van der Waals surface area (Å²) in [6, 6.07) is 13.6. The predicted octanol–water partition coefficient (Wildman–Crippen LogP) is 4.54. The van der Waals surface area contributed by atoms with Crippen molar-refractivity contribution in [3.05, 3.63) is 46.9 Å². The Kier molecular flexibility index (Phi) is 3.56. The number of aromatic hydroxyl groups is 1. The maximum atomic E-state index is 9.58. The average molecular weight is 295 g/mol. The molecule has 82 valence electrons. The quantitative estimate of drug-likeness (QED) is 0.821. The normalized spacial score (nSPS) is 10.4. The lowest BCUT2D eigenvalue weighted by molar-refractivity contribution is 0.475. The molecule has 1 N–H and O–H groups in total. The van der Waals surface area contributed by atoms with Crippen LogP contribution in [0.5, 0.6) is 5.75 Å². The molecule has 0 radical (unpaired) electrons. The van der Waals surface area contributed by atoms with Crippen LogP contribution < -0.4 is 0 Å². The van der Waals surface area contributed by atoms with Crippen molar-refractivity contribution in [3.8, 4) is 16.9 Å². The smallest absolute Gasteiger partial charge is 0.117 e. The van der Waals surface area contributed by atoms with Gasteiger partial charge < -0.3 is 5.11 Å². The molecule has 0 aliphatic rings. The zero-order valence-electron chi connectivity index (χ0n) is 8.77. The van der Waals surface area contributed by atoms with Crippen molar-refractivity contribution in [1.82, 2.24) is 0 Å². The summed E-state index contributed by atoms with van der Waals surface area (Å²) in [6.45, 7) is 0. The van der Waals surface area contributed by atoms with Gasteiger partial charge in [-0.25, -0.2) is 0 Å². The fourth-order valence-corrected chi connectivity index (χ4v) is 2.71. The lowest BCUT2D eigenvalue weighted by Gasteiger charge is -2.08. The predicted molar refractivity (Wildman–Crippen MR) is 73.0 cm³/mol. The lowest BCUT2D eigenvalue weighted by Crippen LogP contribution is -1.82. The Bertz CT molecular complexity index is 491. The Labute approximate surface area is 108 Å². The van der Waals surface area contributed by atoms with Crippen LogP contribution in [0, 0.1) is 0 Å². The monoisotopic (exact) mass is 294 g/mol. The van der Waals surface area contributed by atoms with E-state index in [-0.39, 0.29) is 5.75 Å². The van der Waals surface area contributed by atoms with Gasteiger partial charge in [0.2, 0.25) is 0 Å². The SMILES string of the molecule is CSc1ccccc1-c1cc(O)cc(Br)c1. The van der Waals surface area contributed by atoms with Gasteiger partial charge in [-0.3, -0.25) is 0 Å². The van der Waals surface area contributed by atoms with Crippen LogP contribution in [0.25, 0.3) is 11.1 Å². The molecular weight excluding hydrogens is 284 g/mol. The summed E-state index contributed by atoms with van der Waals surface area (Å²) in [5.74, 6) is 0.278. The standard InChI is InChI=1S/C13H11BrOS/c1-16-13-5-3-2-4-12(13)9-6-10(14)8-11(15)7-9/h2-8,15H,1H3. The summed E-state index contributed by atoms with van der Waals surface area (Å²) in [5, 5.41) is 9.58. The minimum atomic E-state index is 0.278. The first kappa shape index (κ1) is 11.6. The topological polar surface area (TPSA) is 20.2 Å². The van der Waals surface area contributed by atoms with Crippen molar-refractivity contribution < 1.29 is 5.11 Å². The van der Waals surface area contributed by atoms with E-state index in [1.165, 1.54) is 4.90 Å². The van der Waals surface area contributed by atoms with Gasteiger partial charge in [-0.1, -0.05) is 34.1 Å². The summed E-state index contributed by atoms with van der Waals surface area (Å²) in [7, 11) is 0. The van der Waals surface area contributed by atoms with E-state index in [0.717, 1.165) is 15.6 Å². The zero-order valence-corrected chi connectivity index (χ0v) is 11.2. The molecule has 0 atom stereocenters. The second-order valence-corrected chi connectivity index (χ2v) is 5.16. The van der Waals surface area contributed by atoms with Crippen LogP contribution in [0.4, 0.5) is 0 Å². The summed E-state index contributed by atoms with van der Waals surface area (Å²) in [5.41, 5.74) is 2.17. The van der Waals surface area contributed by atoms with Gasteiger partial charge in [0.05, 0.1) is 0 Å². The molecule has 0 unspecified atom stereocenters. The van der Waals surface area contributed by atoms with Gasteiger partial charge in [-0.15, -0.1) is 11.8 Å². The number of hydrogen-bond acceptors (Lipinski definition) is 2. The second-order valence-electron chi connectivity index (χ2n) is 3.40. The molecule has 0 saturated heterocycles. The molecule has 2 aromatic rings. The van der Waals surface area contributed by atoms with Gasteiger partial charge >= 0.3 is 0 Å². The number of benzene rings is 2. The van der Waals surface area contributed by atoms with Crippen LogP contribution in [0.1, 0.15) is 0 Å². The highest BCUT2D eigenvalue weighted by Gasteiger charge is 2.05. The molecular formula is C13H11BrOS. The minimum absolute atomic E-state index is 0.278. The molecule has 0 spiro atoms. The average Bonchev–Trinajstić information content (AvgIpc) is 2.27. The summed E-state index contributed by atoms with van der Waals surface area (Å²) in [6.07, 6.45) is 2.05. The number of thioether (sulfide) groups is 1. The summed E-state index contributed by atoms with van der Waals surface area (Å²) < 4.78 is 0.887. The van der Waals surface area contributed by atoms with E-state index in [1.807, 2.05) is 18.2 Å². The van der Waals surface area contributed by atoms with Crippen LogP contribution in [0.15, 0.2) is 51.8 Å². The zero-order chi connectivity index (χ0) is 11.5. The highest BCUT2D eigenvalue weighted by atomic mass is 79.9. The fraction of sp³-hybridized carbons (Fsp3) is 0.0769. The van der Waals surface area contributed by atoms with Crippen molar-refractivity contribution in [2.75, 3.05) is 6.26 Å². The van der Waals surface area contributed by atoms with Gasteiger partial charge in [0, 0.05) is 9.37 Å². The van der Waals surface area contributed by atoms with E-state index in [4.69, 9.17) is 0 Å². The molecule has 16 heavy (non-hydrogen) atoms. The van der Waals surface area contributed by atoms with Crippen molar-refractivity contribution in [2.45, 2.75) is 4.90 Å². The van der Waals surface area contributed by atoms with E-state index in [1.54, 1.807) is 23.9 Å². The van der Waals surface area contributed by atoms with Crippen molar-refractivity contribution in [3.63, 3.8) is 0 Å². The first-order chi connectivity index (χ1) is 7.70. The van der Waals surface area contributed by atoms with E-state index in [9.17, 15) is 5.11 Å². The van der Waals surface area contributed by atoms with Crippen LogP contribution in [0.2, 0.25) is 0 Å². The largest absolute Gasteiger partial charge is 0.508 e. The number of phenols is 1. The third-order valence-electron chi connectivity index (χ3n) is 2.30. The van der Waals surface area contributed by atoms with Crippen LogP contribution in [0.3, 0.4) is 0 Å². The minimum Gasteiger partial charge on any atom is -0.508 e. The first-order valence-corrected chi connectivity index (χ1v) is 6.85. The van der Waals surface area contributed by atoms with E-state index < -0.39 is 0 Å². The van der Waals surface area contributed by atoms with Gasteiger partial charge in [-0.05, 0) is 41.6 Å². The Morgan fingerprint density at radius 1 is 1.12 bits per heavy atom. The fourth-order valence-electron chi connectivity index (χ4n) is 1.61. The highest BCUT2D eigenvalue weighted by molar-refractivity contribution is 9.10. The van der Waals surface area contributed by atoms with E-state index in [0.29, 0.717) is 0 Å². The maximum absolute atomic E-state index is 9.58. The molecule has 0 bridgehead atoms. The highest BCUT2D eigenvalue weighted by Crippen LogP contribution is 2.33.